The van der Waals surface area contributed by atoms with E-state index in [9.17, 15) is 0 Å². The van der Waals surface area contributed by atoms with Crippen LogP contribution in [0.15, 0.2) is 12.2 Å². The highest BCUT2D eigenvalue weighted by atomic mass is 16.8. The van der Waals surface area contributed by atoms with Gasteiger partial charge in [0.1, 0.15) is 5.60 Å². The first kappa shape index (κ1) is 9.82. The van der Waals surface area contributed by atoms with Crippen molar-refractivity contribution in [3.8, 4) is 0 Å². The Balaban J connectivity index is 1.99. The van der Waals surface area contributed by atoms with Gasteiger partial charge in [-0.2, -0.15) is 0 Å². The third kappa shape index (κ3) is 0.924. The van der Waals surface area contributed by atoms with Crippen LogP contribution in [-0.2, 0) is 14.2 Å². The van der Waals surface area contributed by atoms with E-state index in [1.54, 1.807) is 7.11 Å². The van der Waals surface area contributed by atoms with Gasteiger partial charge in [0.05, 0.1) is 13.2 Å². The summed E-state index contributed by atoms with van der Waals surface area (Å²) in [6.45, 7) is 3.60. The molecule has 0 bridgehead atoms. The Kier molecular flexibility index (Phi) is 2.00. The van der Waals surface area contributed by atoms with Crippen LogP contribution in [0, 0.1) is 11.8 Å². The molecule has 0 amide bonds. The van der Waals surface area contributed by atoms with Gasteiger partial charge in [0, 0.05) is 18.9 Å². The minimum atomic E-state index is -0.461. The van der Waals surface area contributed by atoms with Gasteiger partial charge in [0.25, 0.3) is 0 Å². The van der Waals surface area contributed by atoms with Crippen LogP contribution >= 0.6 is 0 Å². The largest absolute Gasteiger partial charge is 0.372 e. The van der Waals surface area contributed by atoms with Gasteiger partial charge in [-0.25, -0.2) is 0 Å². The van der Waals surface area contributed by atoms with Gasteiger partial charge in [-0.15, -0.1) is 0 Å². The normalized spacial score (nSPS) is 46.5. The summed E-state index contributed by atoms with van der Waals surface area (Å²) in [5, 5.41) is 0. The second kappa shape index (κ2) is 3.06. The van der Waals surface area contributed by atoms with Crippen molar-refractivity contribution >= 4 is 0 Å². The van der Waals surface area contributed by atoms with E-state index in [1.807, 2.05) is 0 Å². The summed E-state index contributed by atoms with van der Waals surface area (Å²) < 4.78 is 17.5. The lowest BCUT2D eigenvalue weighted by molar-refractivity contribution is -0.388. The van der Waals surface area contributed by atoms with Crippen LogP contribution in [0.4, 0.5) is 0 Å². The molecule has 0 N–H and O–H groups in total. The Morgan fingerprint density at radius 1 is 1.33 bits per heavy atom. The van der Waals surface area contributed by atoms with Crippen LogP contribution in [0.3, 0.4) is 0 Å². The lowest BCUT2D eigenvalue weighted by Gasteiger charge is -2.64. The number of hydrogen-bond acceptors (Lipinski definition) is 3. The first-order valence-electron chi connectivity index (χ1n) is 5.76. The molecule has 15 heavy (non-hydrogen) atoms. The van der Waals surface area contributed by atoms with Gasteiger partial charge in [0.2, 0.25) is 5.79 Å². The van der Waals surface area contributed by atoms with Crippen LogP contribution in [0.25, 0.3) is 0 Å². The van der Waals surface area contributed by atoms with E-state index < -0.39 is 5.79 Å². The summed E-state index contributed by atoms with van der Waals surface area (Å²) in [7, 11) is 1.78. The number of rotatable bonds is 1. The predicted octanol–water partition coefficient (Wildman–Crippen LogP) is 1.73. The zero-order valence-corrected chi connectivity index (χ0v) is 9.36. The van der Waals surface area contributed by atoms with Gasteiger partial charge in [-0.05, 0) is 12.8 Å². The van der Waals surface area contributed by atoms with Crippen molar-refractivity contribution < 1.29 is 14.2 Å². The molecule has 1 saturated heterocycles. The van der Waals surface area contributed by atoms with Crippen molar-refractivity contribution in [2.75, 3.05) is 20.3 Å². The molecule has 1 saturated carbocycles. The molecule has 0 radical (unpaired) electrons. The van der Waals surface area contributed by atoms with Gasteiger partial charge < -0.3 is 14.2 Å². The number of ether oxygens (including phenoxy) is 3. The third-order valence-electron chi connectivity index (χ3n) is 4.37. The molecule has 84 valence electrons. The molecule has 1 heterocycles. The summed E-state index contributed by atoms with van der Waals surface area (Å²) in [6, 6.07) is 0. The summed E-state index contributed by atoms with van der Waals surface area (Å²) in [6.07, 6.45) is 6.59. The number of methoxy groups -OCH3 is 1. The smallest absolute Gasteiger partial charge is 0.201 e. The van der Waals surface area contributed by atoms with Crippen molar-refractivity contribution in [1.29, 1.82) is 0 Å². The fourth-order valence-electron chi connectivity index (χ4n) is 3.68. The van der Waals surface area contributed by atoms with Crippen molar-refractivity contribution in [2.24, 2.45) is 11.8 Å². The van der Waals surface area contributed by atoms with Crippen molar-refractivity contribution in [3.05, 3.63) is 12.2 Å². The summed E-state index contributed by atoms with van der Waals surface area (Å²) >= 11 is 0. The zero-order valence-electron chi connectivity index (χ0n) is 9.36. The summed E-state index contributed by atoms with van der Waals surface area (Å²) in [5.41, 5.74) is -0.225. The SMILES string of the molecule is CO[C@@]12CCC=C[C@@H]1C(C)C21OCCO1. The number of allylic oxidation sites excluding steroid dienone is 1. The average molecular weight is 210 g/mol. The highest BCUT2D eigenvalue weighted by Crippen LogP contribution is 2.62. The highest BCUT2D eigenvalue weighted by Gasteiger charge is 2.74. The van der Waals surface area contributed by atoms with E-state index in [-0.39, 0.29) is 5.60 Å². The van der Waals surface area contributed by atoms with Crippen LogP contribution < -0.4 is 0 Å². The van der Waals surface area contributed by atoms with Gasteiger partial charge >= 0.3 is 0 Å². The molecule has 2 fully saturated rings. The Morgan fingerprint density at radius 2 is 2.07 bits per heavy atom. The first-order chi connectivity index (χ1) is 7.27. The topological polar surface area (TPSA) is 27.7 Å². The average Bonchev–Trinajstić information content (AvgIpc) is 2.79. The lowest BCUT2D eigenvalue weighted by atomic mass is 9.53. The Hall–Kier alpha value is -0.380. The third-order valence-corrected chi connectivity index (χ3v) is 4.37. The number of hydrogen-bond donors (Lipinski definition) is 0. The molecule has 1 aliphatic heterocycles. The molecule has 3 nitrogen and oxygen atoms in total. The fourth-order valence-corrected chi connectivity index (χ4v) is 3.68. The minimum Gasteiger partial charge on any atom is -0.372 e. The van der Waals surface area contributed by atoms with Gasteiger partial charge in [0.15, 0.2) is 0 Å². The fraction of sp³-hybridized carbons (Fsp3) is 0.833. The Morgan fingerprint density at radius 3 is 2.73 bits per heavy atom. The Bertz CT molecular complexity index is 293. The Labute approximate surface area is 90.4 Å². The lowest BCUT2D eigenvalue weighted by Crippen LogP contribution is -2.76. The summed E-state index contributed by atoms with van der Waals surface area (Å²) in [4.78, 5) is 0. The van der Waals surface area contributed by atoms with E-state index in [1.165, 1.54) is 0 Å². The van der Waals surface area contributed by atoms with E-state index in [0.717, 1.165) is 12.8 Å². The van der Waals surface area contributed by atoms with Gasteiger partial charge in [-0.3, -0.25) is 0 Å². The molecule has 1 unspecified atom stereocenters. The van der Waals surface area contributed by atoms with Gasteiger partial charge in [-0.1, -0.05) is 19.1 Å². The zero-order chi connectivity index (χ0) is 10.5. The summed E-state index contributed by atoms with van der Waals surface area (Å²) in [5.74, 6) is 0.392. The molecule has 0 aromatic carbocycles. The molecule has 0 aromatic rings. The quantitative estimate of drug-likeness (QED) is 0.617. The standard InChI is InChI=1S/C12H18O3/c1-9-10-5-3-4-6-11(10,13-2)12(9)14-7-8-15-12/h3,5,9-10H,4,6-8H2,1-2H3/t9?,10-,11+/m1/s1. The van der Waals surface area contributed by atoms with E-state index >= 15 is 0 Å². The van der Waals surface area contributed by atoms with Crippen molar-refractivity contribution in [1.82, 2.24) is 0 Å². The highest BCUT2D eigenvalue weighted by molar-refractivity contribution is 5.25. The maximum atomic E-state index is 5.87. The van der Waals surface area contributed by atoms with Crippen LogP contribution in [0.2, 0.25) is 0 Å². The second-order valence-electron chi connectivity index (χ2n) is 4.74. The molecular formula is C12H18O3. The molecule has 3 atom stereocenters. The van der Waals surface area contributed by atoms with Crippen LogP contribution in [-0.4, -0.2) is 31.7 Å². The molecule has 3 rings (SSSR count). The molecule has 3 aliphatic rings. The van der Waals surface area contributed by atoms with Crippen molar-refractivity contribution in [2.45, 2.75) is 31.2 Å². The molecule has 3 heteroatoms. The molecule has 2 aliphatic carbocycles. The van der Waals surface area contributed by atoms with E-state index in [2.05, 4.69) is 19.1 Å². The van der Waals surface area contributed by atoms with E-state index in [0.29, 0.717) is 25.0 Å². The second-order valence-corrected chi connectivity index (χ2v) is 4.74. The maximum Gasteiger partial charge on any atom is 0.201 e. The van der Waals surface area contributed by atoms with Crippen molar-refractivity contribution in [3.63, 3.8) is 0 Å². The maximum absolute atomic E-state index is 5.87. The molecule has 1 spiro atoms. The number of fused-ring (bicyclic) bond motifs is 2. The van der Waals surface area contributed by atoms with Crippen LogP contribution in [0.5, 0.6) is 0 Å². The minimum absolute atomic E-state index is 0.225. The molecular weight excluding hydrogens is 192 g/mol. The first-order valence-corrected chi connectivity index (χ1v) is 5.76. The van der Waals surface area contributed by atoms with Crippen LogP contribution in [0.1, 0.15) is 19.8 Å². The monoisotopic (exact) mass is 210 g/mol. The predicted molar refractivity (Wildman–Crippen MR) is 55.4 cm³/mol. The molecule has 0 aromatic heterocycles. The van der Waals surface area contributed by atoms with E-state index in [4.69, 9.17) is 14.2 Å².